The van der Waals surface area contributed by atoms with Crippen LogP contribution in [-0.2, 0) is 34.7 Å². The molecule has 1 atom stereocenters. The molecule has 10 heteroatoms. The Morgan fingerprint density at radius 3 is 2.65 bits per heavy atom. The molecule has 7 nitrogen and oxygen atoms in total. The fourth-order valence-corrected chi connectivity index (χ4v) is 4.52. The summed E-state index contributed by atoms with van der Waals surface area (Å²) < 4.78 is 49.5. The van der Waals surface area contributed by atoms with Crippen molar-refractivity contribution in [1.29, 1.82) is 0 Å². The van der Waals surface area contributed by atoms with Gasteiger partial charge >= 0.3 is 5.97 Å². The van der Waals surface area contributed by atoms with Crippen molar-refractivity contribution < 1.29 is 31.9 Å². The van der Waals surface area contributed by atoms with Crippen molar-refractivity contribution in [3.63, 3.8) is 0 Å². The third-order valence-corrected chi connectivity index (χ3v) is 6.29. The standard InChI is InChI=1S/C16H15ClFNO6S/c1-9(20)24-13-14(21)16(2,10-4-5-12(18)11(17)8-10)25-15(13)19-6-3-7-26(19,22)23/h4-5,8H,3,6-7H2,1-2H3. The Morgan fingerprint density at radius 2 is 2.12 bits per heavy atom. The van der Waals surface area contributed by atoms with Gasteiger partial charge in [0.1, 0.15) is 5.82 Å². The number of rotatable bonds is 3. The Labute approximate surface area is 154 Å². The molecule has 0 spiro atoms. The van der Waals surface area contributed by atoms with E-state index in [0.717, 1.165) is 17.3 Å². The summed E-state index contributed by atoms with van der Waals surface area (Å²) >= 11 is 5.78. The second-order valence-electron chi connectivity index (χ2n) is 6.06. The summed E-state index contributed by atoms with van der Waals surface area (Å²) in [7, 11) is -3.69. The van der Waals surface area contributed by atoms with Crippen LogP contribution >= 0.6 is 11.6 Å². The van der Waals surface area contributed by atoms with E-state index in [4.69, 9.17) is 21.1 Å². The molecule has 0 N–H and O–H groups in total. The van der Waals surface area contributed by atoms with Gasteiger partial charge in [-0.05, 0) is 25.5 Å². The number of carbonyl (C=O) groups is 2. The molecule has 2 heterocycles. The van der Waals surface area contributed by atoms with Gasteiger partial charge in [-0.3, -0.25) is 9.59 Å². The van der Waals surface area contributed by atoms with Crippen molar-refractivity contribution in [2.24, 2.45) is 0 Å². The second-order valence-corrected chi connectivity index (χ2v) is 8.48. The van der Waals surface area contributed by atoms with Crippen LogP contribution in [0.2, 0.25) is 5.02 Å². The Kier molecular flexibility index (Phi) is 4.48. The Morgan fingerprint density at radius 1 is 1.42 bits per heavy atom. The molecule has 1 aromatic carbocycles. The van der Waals surface area contributed by atoms with Gasteiger partial charge in [0.05, 0.1) is 10.8 Å². The summed E-state index contributed by atoms with van der Waals surface area (Å²) in [6.07, 6.45) is 0.343. The van der Waals surface area contributed by atoms with Gasteiger partial charge in [0.2, 0.25) is 15.8 Å². The van der Waals surface area contributed by atoms with Crippen LogP contribution in [0.25, 0.3) is 0 Å². The van der Waals surface area contributed by atoms with Gasteiger partial charge in [0.15, 0.2) is 5.60 Å². The van der Waals surface area contributed by atoms with E-state index in [0.29, 0.717) is 6.42 Å². The molecule has 0 bridgehead atoms. The first-order valence-corrected chi connectivity index (χ1v) is 9.67. The predicted octanol–water partition coefficient (Wildman–Crippen LogP) is 2.06. The van der Waals surface area contributed by atoms with Gasteiger partial charge in [-0.15, -0.1) is 0 Å². The number of hydrogen-bond donors (Lipinski definition) is 0. The molecule has 2 aliphatic rings. The molecule has 0 aromatic heterocycles. The molecule has 2 aliphatic heterocycles. The van der Waals surface area contributed by atoms with Crippen molar-refractivity contribution in [3.05, 3.63) is 46.2 Å². The maximum Gasteiger partial charge on any atom is 0.308 e. The van der Waals surface area contributed by atoms with Gasteiger partial charge in [-0.1, -0.05) is 17.7 Å². The van der Waals surface area contributed by atoms with E-state index in [1.54, 1.807) is 0 Å². The second kappa shape index (κ2) is 6.24. The first kappa shape index (κ1) is 18.7. The van der Waals surface area contributed by atoms with Crippen molar-refractivity contribution in [3.8, 4) is 0 Å². The summed E-state index contributed by atoms with van der Waals surface area (Å²) in [4.78, 5) is 24.3. The topological polar surface area (TPSA) is 90.0 Å². The molecule has 0 aliphatic carbocycles. The molecule has 0 amide bonds. The predicted molar refractivity (Wildman–Crippen MR) is 88.8 cm³/mol. The van der Waals surface area contributed by atoms with E-state index >= 15 is 0 Å². The van der Waals surface area contributed by atoms with Gasteiger partial charge in [0, 0.05) is 19.0 Å². The van der Waals surface area contributed by atoms with E-state index in [1.807, 2.05) is 0 Å². The molecule has 1 aromatic rings. The normalized spacial score (nSPS) is 24.8. The number of benzene rings is 1. The third-order valence-electron chi connectivity index (χ3n) is 4.18. The molecule has 140 valence electrons. The van der Waals surface area contributed by atoms with Crippen LogP contribution in [0, 0.1) is 5.82 Å². The fourth-order valence-electron chi connectivity index (χ4n) is 2.85. The Bertz CT molecular complexity index is 944. The lowest BCUT2D eigenvalue weighted by molar-refractivity contribution is -0.142. The highest BCUT2D eigenvalue weighted by atomic mass is 35.5. The highest BCUT2D eigenvalue weighted by Gasteiger charge is 2.53. The molecular formula is C16H15ClFNO6S. The largest absolute Gasteiger partial charge is 0.456 e. The zero-order valence-corrected chi connectivity index (χ0v) is 15.5. The SMILES string of the molecule is CC(=O)OC1=C(N2CCCS2(=O)=O)OC(C)(c2ccc(F)c(Cl)c2)C1=O. The van der Waals surface area contributed by atoms with Gasteiger partial charge < -0.3 is 9.47 Å². The number of ketones is 1. The number of Topliss-reactive ketones (excluding diaryl/α,β-unsaturated/α-hetero) is 1. The summed E-state index contributed by atoms with van der Waals surface area (Å²) in [5, 5.41) is -0.226. The van der Waals surface area contributed by atoms with E-state index < -0.39 is 39.0 Å². The number of sulfonamides is 1. The Hall–Kier alpha value is -2.13. The molecule has 0 saturated carbocycles. The maximum atomic E-state index is 13.5. The number of halogens is 2. The minimum Gasteiger partial charge on any atom is -0.456 e. The summed E-state index contributed by atoms with van der Waals surface area (Å²) in [5.74, 6) is -3.18. The lowest BCUT2D eigenvalue weighted by atomic mass is 9.91. The zero-order valence-electron chi connectivity index (χ0n) is 13.9. The van der Waals surface area contributed by atoms with Crippen LogP contribution < -0.4 is 0 Å². The van der Waals surface area contributed by atoms with Crippen LogP contribution in [0.15, 0.2) is 29.8 Å². The lowest BCUT2D eigenvalue weighted by Gasteiger charge is -2.26. The first-order valence-electron chi connectivity index (χ1n) is 7.69. The first-order chi connectivity index (χ1) is 12.1. The van der Waals surface area contributed by atoms with Crippen LogP contribution in [0.5, 0.6) is 0 Å². The summed E-state index contributed by atoms with van der Waals surface area (Å²) in [6, 6.07) is 3.57. The van der Waals surface area contributed by atoms with Crippen LogP contribution in [-0.4, -0.2) is 36.8 Å². The minimum absolute atomic E-state index is 0.0932. The van der Waals surface area contributed by atoms with Crippen molar-refractivity contribution in [2.75, 3.05) is 12.3 Å². The molecule has 1 unspecified atom stereocenters. The van der Waals surface area contributed by atoms with E-state index in [1.165, 1.54) is 19.1 Å². The summed E-state index contributed by atoms with van der Waals surface area (Å²) in [6.45, 7) is 2.55. The van der Waals surface area contributed by atoms with E-state index in [9.17, 15) is 22.4 Å². The van der Waals surface area contributed by atoms with Crippen molar-refractivity contribution >= 4 is 33.4 Å². The van der Waals surface area contributed by atoms with Gasteiger partial charge in [0.25, 0.3) is 11.7 Å². The maximum absolute atomic E-state index is 13.5. The highest BCUT2D eigenvalue weighted by Crippen LogP contribution is 2.42. The molecule has 1 fully saturated rings. The molecule has 26 heavy (non-hydrogen) atoms. The highest BCUT2D eigenvalue weighted by molar-refractivity contribution is 7.89. The molecule has 3 rings (SSSR count). The third kappa shape index (κ3) is 2.95. The average Bonchev–Trinajstić information content (AvgIpc) is 3.01. The zero-order chi connectivity index (χ0) is 19.3. The average molecular weight is 404 g/mol. The quantitative estimate of drug-likeness (QED) is 0.717. The Balaban J connectivity index is 2.09. The molecule has 1 saturated heterocycles. The fraction of sp³-hybridized carbons (Fsp3) is 0.375. The number of hydrogen-bond acceptors (Lipinski definition) is 6. The minimum atomic E-state index is -3.69. The van der Waals surface area contributed by atoms with Crippen molar-refractivity contribution in [1.82, 2.24) is 4.31 Å². The molecular weight excluding hydrogens is 389 g/mol. The smallest absolute Gasteiger partial charge is 0.308 e. The number of ether oxygens (including phenoxy) is 2. The number of carbonyl (C=O) groups excluding carboxylic acids is 2. The van der Waals surface area contributed by atoms with Crippen molar-refractivity contribution in [2.45, 2.75) is 25.9 Å². The number of esters is 1. The van der Waals surface area contributed by atoms with Gasteiger partial charge in [-0.2, -0.15) is 0 Å². The van der Waals surface area contributed by atoms with Crippen LogP contribution in [0.3, 0.4) is 0 Å². The monoisotopic (exact) mass is 403 g/mol. The van der Waals surface area contributed by atoms with Crippen LogP contribution in [0.1, 0.15) is 25.8 Å². The van der Waals surface area contributed by atoms with Crippen LogP contribution in [0.4, 0.5) is 4.39 Å². The van der Waals surface area contributed by atoms with E-state index in [-0.39, 0.29) is 28.8 Å². The number of nitrogens with zero attached hydrogens (tertiary/aromatic N) is 1. The molecule has 0 radical (unpaired) electrons. The van der Waals surface area contributed by atoms with E-state index in [2.05, 4.69) is 0 Å². The summed E-state index contributed by atoms with van der Waals surface area (Å²) in [5.41, 5.74) is -1.51. The lowest BCUT2D eigenvalue weighted by Crippen LogP contribution is -2.33. The van der Waals surface area contributed by atoms with Gasteiger partial charge in [-0.25, -0.2) is 17.1 Å².